The van der Waals surface area contributed by atoms with Gasteiger partial charge in [-0.1, -0.05) is 12.8 Å². The second kappa shape index (κ2) is 4.43. The van der Waals surface area contributed by atoms with E-state index in [4.69, 9.17) is 4.74 Å². The first-order chi connectivity index (χ1) is 7.29. The molecule has 0 radical (unpaired) electrons. The summed E-state index contributed by atoms with van der Waals surface area (Å²) in [4.78, 5) is 14.9. The van der Waals surface area contributed by atoms with Gasteiger partial charge < -0.3 is 4.74 Å². The fourth-order valence-corrected chi connectivity index (χ4v) is 1.51. The van der Waals surface area contributed by atoms with E-state index >= 15 is 0 Å². The van der Waals surface area contributed by atoms with Crippen LogP contribution in [0.15, 0.2) is 12.1 Å². The number of aldehydes is 1. The van der Waals surface area contributed by atoms with Crippen molar-refractivity contribution >= 4 is 6.29 Å². The van der Waals surface area contributed by atoms with Crippen LogP contribution >= 0.6 is 0 Å². The lowest BCUT2D eigenvalue weighted by Gasteiger charge is -2.07. The molecule has 0 amide bonds. The summed E-state index contributed by atoms with van der Waals surface area (Å²) in [6.07, 6.45) is 4.50. The maximum absolute atomic E-state index is 10.7. The Morgan fingerprint density at radius 1 is 1.53 bits per heavy atom. The molecule has 1 aromatic rings. The molecule has 0 saturated heterocycles. The van der Waals surface area contributed by atoms with Gasteiger partial charge in [-0.2, -0.15) is 0 Å². The van der Waals surface area contributed by atoms with Crippen molar-refractivity contribution in [3.05, 3.63) is 23.5 Å². The van der Waals surface area contributed by atoms with Gasteiger partial charge in [-0.25, -0.2) is 4.98 Å². The number of aryl methyl sites for hydroxylation is 1. The van der Waals surface area contributed by atoms with Crippen LogP contribution in [0, 0.1) is 12.8 Å². The van der Waals surface area contributed by atoms with Gasteiger partial charge in [-0.3, -0.25) is 4.79 Å². The van der Waals surface area contributed by atoms with Gasteiger partial charge in [-0.15, -0.1) is 0 Å². The average molecular weight is 205 g/mol. The highest BCUT2D eigenvalue weighted by Crippen LogP contribution is 2.32. The van der Waals surface area contributed by atoms with Gasteiger partial charge in [0.25, 0.3) is 0 Å². The molecule has 1 aliphatic rings. The van der Waals surface area contributed by atoms with Gasteiger partial charge in [0, 0.05) is 5.69 Å². The zero-order valence-electron chi connectivity index (χ0n) is 8.90. The lowest BCUT2D eigenvalue weighted by atomic mass is 10.3. The molecular formula is C12H15NO2. The molecule has 0 aromatic carbocycles. The van der Waals surface area contributed by atoms with Gasteiger partial charge in [0.2, 0.25) is 0 Å². The number of carbonyl (C=O) groups is 1. The average Bonchev–Trinajstić information content (AvgIpc) is 3.04. The fourth-order valence-electron chi connectivity index (χ4n) is 1.51. The van der Waals surface area contributed by atoms with Crippen LogP contribution in [0.4, 0.5) is 0 Å². The van der Waals surface area contributed by atoms with E-state index in [2.05, 4.69) is 4.98 Å². The van der Waals surface area contributed by atoms with E-state index in [9.17, 15) is 4.79 Å². The molecule has 0 N–H and O–H groups in total. The number of pyridine rings is 1. The topological polar surface area (TPSA) is 39.2 Å². The minimum atomic E-state index is 0.408. The first-order valence-corrected chi connectivity index (χ1v) is 5.35. The van der Waals surface area contributed by atoms with Crippen LogP contribution in [0.5, 0.6) is 5.75 Å². The van der Waals surface area contributed by atoms with Crippen molar-refractivity contribution in [2.24, 2.45) is 5.92 Å². The quantitative estimate of drug-likeness (QED) is 0.693. The molecule has 0 aliphatic heterocycles. The second-order valence-electron chi connectivity index (χ2n) is 4.03. The van der Waals surface area contributed by atoms with Crippen molar-refractivity contribution < 1.29 is 9.53 Å². The summed E-state index contributed by atoms with van der Waals surface area (Å²) in [5, 5.41) is 0. The lowest BCUT2D eigenvalue weighted by Crippen LogP contribution is -2.02. The summed E-state index contributed by atoms with van der Waals surface area (Å²) in [6, 6.07) is 3.68. The number of rotatable bonds is 5. The van der Waals surface area contributed by atoms with Crippen LogP contribution in [0.1, 0.15) is 35.4 Å². The van der Waals surface area contributed by atoms with Crippen molar-refractivity contribution in [1.82, 2.24) is 4.98 Å². The third-order valence-electron chi connectivity index (χ3n) is 2.62. The number of carbonyl (C=O) groups excluding carboxylic acids is 1. The summed E-state index contributed by atoms with van der Waals surface area (Å²) < 4.78 is 5.54. The van der Waals surface area contributed by atoms with Crippen LogP contribution in [0.2, 0.25) is 0 Å². The molecule has 1 aromatic heterocycles. The maximum atomic E-state index is 10.7. The molecule has 15 heavy (non-hydrogen) atoms. The van der Waals surface area contributed by atoms with Crippen LogP contribution in [0.25, 0.3) is 0 Å². The smallest absolute Gasteiger partial charge is 0.172 e. The summed E-state index contributed by atoms with van der Waals surface area (Å²) in [6.45, 7) is 2.55. The predicted octanol–water partition coefficient (Wildman–Crippen LogP) is 2.38. The van der Waals surface area contributed by atoms with Crippen molar-refractivity contribution in [3.8, 4) is 5.75 Å². The van der Waals surface area contributed by atoms with Crippen molar-refractivity contribution in [2.75, 3.05) is 6.61 Å². The van der Waals surface area contributed by atoms with E-state index in [1.807, 2.05) is 19.1 Å². The normalized spacial score (nSPS) is 15.0. The van der Waals surface area contributed by atoms with Crippen LogP contribution < -0.4 is 4.74 Å². The third-order valence-corrected chi connectivity index (χ3v) is 2.62. The van der Waals surface area contributed by atoms with E-state index in [-0.39, 0.29) is 0 Å². The first kappa shape index (κ1) is 10.1. The molecule has 1 fully saturated rings. The summed E-state index contributed by atoms with van der Waals surface area (Å²) in [5.41, 5.74) is 1.25. The van der Waals surface area contributed by atoms with Gasteiger partial charge >= 0.3 is 0 Å². The van der Waals surface area contributed by atoms with Gasteiger partial charge in [0.15, 0.2) is 6.29 Å². The number of nitrogens with zero attached hydrogens (tertiary/aromatic N) is 1. The fraction of sp³-hybridized carbons (Fsp3) is 0.500. The number of aromatic nitrogens is 1. The molecule has 2 rings (SSSR count). The minimum absolute atomic E-state index is 0.408. The molecule has 3 nitrogen and oxygen atoms in total. The van der Waals surface area contributed by atoms with Crippen LogP contribution in [-0.4, -0.2) is 17.9 Å². The second-order valence-corrected chi connectivity index (χ2v) is 4.03. The molecule has 1 saturated carbocycles. The summed E-state index contributed by atoms with van der Waals surface area (Å²) in [5.74, 6) is 1.46. The van der Waals surface area contributed by atoms with Crippen molar-refractivity contribution in [1.29, 1.82) is 0 Å². The summed E-state index contributed by atoms with van der Waals surface area (Å²) >= 11 is 0. The zero-order valence-corrected chi connectivity index (χ0v) is 8.90. The molecule has 3 heteroatoms. The largest absolute Gasteiger partial charge is 0.491 e. The minimum Gasteiger partial charge on any atom is -0.491 e. The van der Waals surface area contributed by atoms with Gasteiger partial charge in [-0.05, 0) is 31.4 Å². The number of hydrogen-bond acceptors (Lipinski definition) is 3. The van der Waals surface area contributed by atoms with Crippen molar-refractivity contribution in [3.63, 3.8) is 0 Å². The van der Waals surface area contributed by atoms with Crippen LogP contribution in [0.3, 0.4) is 0 Å². The van der Waals surface area contributed by atoms with E-state index < -0.39 is 0 Å². The van der Waals surface area contributed by atoms with Crippen LogP contribution in [-0.2, 0) is 0 Å². The molecule has 0 unspecified atom stereocenters. The number of ether oxygens (including phenoxy) is 1. The molecule has 0 bridgehead atoms. The Kier molecular flexibility index (Phi) is 2.99. The molecule has 1 aliphatic carbocycles. The van der Waals surface area contributed by atoms with Gasteiger partial charge in [0.1, 0.15) is 11.4 Å². The van der Waals surface area contributed by atoms with E-state index in [0.717, 1.165) is 24.3 Å². The molecule has 0 atom stereocenters. The predicted molar refractivity (Wildman–Crippen MR) is 57.2 cm³/mol. The highest BCUT2D eigenvalue weighted by Gasteiger charge is 2.20. The molecule has 0 spiro atoms. The highest BCUT2D eigenvalue weighted by molar-refractivity contribution is 5.76. The highest BCUT2D eigenvalue weighted by atomic mass is 16.5. The molecule has 1 heterocycles. The van der Waals surface area contributed by atoms with Crippen molar-refractivity contribution in [2.45, 2.75) is 26.2 Å². The third kappa shape index (κ3) is 2.78. The Morgan fingerprint density at radius 3 is 3.00 bits per heavy atom. The maximum Gasteiger partial charge on any atom is 0.172 e. The van der Waals surface area contributed by atoms with Gasteiger partial charge in [0.05, 0.1) is 6.61 Å². The Bertz CT molecular complexity index is 359. The Morgan fingerprint density at radius 2 is 2.33 bits per heavy atom. The molecular weight excluding hydrogens is 190 g/mol. The van der Waals surface area contributed by atoms with E-state index in [1.165, 1.54) is 12.8 Å². The zero-order chi connectivity index (χ0) is 10.7. The Hall–Kier alpha value is -1.38. The SMILES string of the molecule is Cc1ccc(OCCC2CC2)c(C=O)n1. The first-order valence-electron chi connectivity index (χ1n) is 5.35. The lowest BCUT2D eigenvalue weighted by molar-refractivity contribution is 0.111. The van der Waals surface area contributed by atoms with E-state index in [1.54, 1.807) is 0 Å². The number of hydrogen-bond donors (Lipinski definition) is 0. The molecule has 80 valence electrons. The summed E-state index contributed by atoms with van der Waals surface area (Å²) in [7, 11) is 0. The Labute approximate surface area is 89.5 Å². The standard InChI is InChI=1S/C12H15NO2/c1-9-2-5-12(11(8-14)13-9)15-7-6-10-3-4-10/h2,5,8,10H,3-4,6-7H2,1H3. The van der Waals surface area contributed by atoms with E-state index in [0.29, 0.717) is 18.1 Å². The Balaban J connectivity index is 1.95. The monoisotopic (exact) mass is 205 g/mol.